The number of para-hydroxylation sites is 6. The molecule has 0 fully saturated rings. The van der Waals surface area contributed by atoms with Crippen LogP contribution in [0.25, 0.3) is 21.9 Å². The average Bonchev–Trinajstić information content (AvgIpc) is 3.84. The van der Waals surface area contributed by atoms with Crippen LogP contribution in [0.5, 0.6) is 0 Å². The van der Waals surface area contributed by atoms with Gasteiger partial charge in [-0.05, 0) is 55.8 Å². The molecule has 0 bridgehead atoms. The third-order valence-corrected chi connectivity index (χ3v) is 7.92. The summed E-state index contributed by atoms with van der Waals surface area (Å²) in [5.74, 6) is 0. The summed E-state index contributed by atoms with van der Waals surface area (Å²) in [4.78, 5) is 7.29. The van der Waals surface area contributed by atoms with E-state index in [0.29, 0.717) is 33.4 Å². The number of benzene rings is 6. The molecule has 1 radical (unpaired) electrons. The molecule has 0 aliphatic carbocycles. The molecule has 229 valence electrons. The van der Waals surface area contributed by atoms with Gasteiger partial charge < -0.3 is 24.0 Å². The molecule has 0 saturated carbocycles. The molecule has 5 nitrogen and oxygen atoms in total. The first-order valence-electron chi connectivity index (χ1n) is 17.5. The fourth-order valence-corrected chi connectivity index (χ4v) is 5.86. The van der Waals surface area contributed by atoms with Gasteiger partial charge >= 0.3 is 0 Å². The second kappa shape index (κ2) is 12.4. The molecule has 2 aliphatic rings. The maximum atomic E-state index is 8.02. The summed E-state index contributed by atoms with van der Waals surface area (Å²) < 4.78 is 53.6. The molecule has 6 aromatic carbocycles. The van der Waals surface area contributed by atoms with Crippen LogP contribution in [-0.4, -0.2) is 6.98 Å². The van der Waals surface area contributed by atoms with Crippen LogP contribution in [-0.2, 0) is 20.1 Å². The molecule has 0 saturated heterocycles. The zero-order chi connectivity index (χ0) is 35.3. The van der Waals surface area contributed by atoms with E-state index in [1.807, 2.05) is 54.6 Å². The van der Waals surface area contributed by atoms with E-state index in [1.54, 1.807) is 23.1 Å². The predicted octanol–water partition coefficient (Wildman–Crippen LogP) is 10.3. The van der Waals surface area contributed by atoms with E-state index in [9.17, 15) is 0 Å². The zero-order valence-corrected chi connectivity index (χ0v) is 26.8. The quantitative estimate of drug-likeness (QED) is 0.167. The van der Waals surface area contributed by atoms with Gasteiger partial charge in [0, 0.05) is 61.9 Å². The van der Waals surface area contributed by atoms with Crippen LogP contribution < -0.4 is 19.6 Å². The minimum absolute atomic E-state index is 0. The first-order chi connectivity index (χ1) is 24.6. The van der Waals surface area contributed by atoms with Gasteiger partial charge in [0.05, 0.1) is 5.69 Å². The Bertz CT molecular complexity index is 2270. The molecule has 0 spiro atoms. The number of rotatable bonds is 3. The Labute approximate surface area is 291 Å². The fraction of sp³-hybridized carbons (Fsp3) is 0.0500. The summed E-state index contributed by atoms with van der Waals surface area (Å²) in [5.41, 5.74) is 6.91. The van der Waals surface area contributed by atoms with Gasteiger partial charge in [0.25, 0.3) is 0 Å². The van der Waals surface area contributed by atoms with Crippen LogP contribution >= 0.6 is 0 Å². The number of aryl methyl sites for hydroxylation is 1. The number of hydrogen-bond acceptors (Lipinski definition) is 5. The Balaban J connectivity index is 0.000000168. The summed E-state index contributed by atoms with van der Waals surface area (Å²) in [5, 5.41) is 1.30. The summed E-state index contributed by atoms with van der Waals surface area (Å²) >= 11 is 0. The second-order valence-corrected chi connectivity index (χ2v) is 10.6. The number of anilines is 7. The normalized spacial score (nSPS) is 15.8. The van der Waals surface area contributed by atoms with E-state index in [0.717, 1.165) is 11.4 Å². The van der Waals surface area contributed by atoms with Gasteiger partial charge in [-0.15, -0.1) is 18.0 Å². The van der Waals surface area contributed by atoms with E-state index in [4.69, 9.17) is 12.6 Å². The minimum atomic E-state index is -2.46. The number of hydrogen-bond donors (Lipinski definition) is 0. The Kier molecular flexibility index (Phi) is 6.29. The van der Waals surface area contributed by atoms with Crippen molar-refractivity contribution in [2.75, 3.05) is 26.6 Å². The van der Waals surface area contributed by atoms with E-state index in [1.165, 1.54) is 29.0 Å². The molecule has 46 heavy (non-hydrogen) atoms. The van der Waals surface area contributed by atoms with E-state index in [2.05, 4.69) is 83.2 Å². The summed E-state index contributed by atoms with van der Waals surface area (Å²) in [6.45, 7) is -1.19. The van der Waals surface area contributed by atoms with Gasteiger partial charge in [-0.25, -0.2) is 0 Å². The van der Waals surface area contributed by atoms with Crippen molar-refractivity contribution in [3.8, 4) is 0 Å². The number of fused-ring (bicyclic) bond motifs is 6. The topological polar surface area (TPSA) is 26.1 Å². The van der Waals surface area contributed by atoms with E-state index < -0.39 is 13.8 Å². The Hall–Kier alpha value is -5.03. The van der Waals surface area contributed by atoms with Crippen molar-refractivity contribution in [3.05, 3.63) is 164 Å². The van der Waals surface area contributed by atoms with Crippen molar-refractivity contribution in [1.29, 1.82) is 0 Å². The van der Waals surface area contributed by atoms with Gasteiger partial charge in [0.1, 0.15) is 5.58 Å². The molecular weight excluding hydrogens is 745 g/mol. The molecule has 0 unspecified atom stereocenters. The van der Waals surface area contributed by atoms with Gasteiger partial charge in [0.2, 0.25) is 0 Å². The van der Waals surface area contributed by atoms with Gasteiger partial charge in [0.15, 0.2) is 5.58 Å². The molecule has 0 N–H and O–H groups in total. The smallest absolute Gasteiger partial charge is 0.158 e. The second-order valence-electron chi connectivity index (χ2n) is 10.6. The number of furan rings is 1. The van der Waals surface area contributed by atoms with Crippen molar-refractivity contribution < 1.29 is 32.7 Å². The minimum Gasteiger partial charge on any atom is -0.501 e. The van der Waals surface area contributed by atoms with Crippen LogP contribution in [0.1, 0.15) is 13.8 Å². The zero-order valence-electron chi connectivity index (χ0n) is 30.4. The van der Waals surface area contributed by atoms with E-state index >= 15 is 0 Å². The maximum absolute atomic E-state index is 8.02. The van der Waals surface area contributed by atoms with Crippen molar-refractivity contribution in [2.45, 2.75) is 6.85 Å². The molecule has 6 heteroatoms. The SMILES string of the molecule is [2H]C([2H])([2H])c1cccc2c1oc1c3c(ccc12)N(c1[c-]cccc1)[CH-]N3C([2H])([2H])[2H].[Ir].[c-]1ccccc1N1[CH-]N(c2ccccc2)c2ccccc21. The molecule has 2 aliphatic heterocycles. The molecule has 0 atom stereocenters. The third kappa shape index (κ3) is 5.10. The van der Waals surface area contributed by atoms with E-state index in [-0.39, 0.29) is 31.3 Å². The average molecular weight is 781 g/mol. The maximum Gasteiger partial charge on any atom is 0.158 e. The summed E-state index contributed by atoms with van der Waals surface area (Å²) in [7, 11) is 0. The number of nitrogens with zero attached hydrogens (tertiary/aromatic N) is 4. The molecule has 0 amide bonds. The molecule has 3 heterocycles. The Morgan fingerprint density at radius 3 is 1.91 bits per heavy atom. The Morgan fingerprint density at radius 1 is 0.587 bits per heavy atom. The molecule has 7 aromatic rings. The predicted molar refractivity (Wildman–Crippen MR) is 185 cm³/mol. The van der Waals surface area contributed by atoms with Gasteiger partial charge in [-0.2, -0.15) is 67.3 Å². The van der Waals surface area contributed by atoms with Crippen molar-refractivity contribution >= 4 is 61.8 Å². The fourth-order valence-electron chi connectivity index (χ4n) is 5.86. The molecule has 9 rings (SSSR count). The van der Waals surface area contributed by atoms with Crippen molar-refractivity contribution in [2.24, 2.45) is 0 Å². The molecular formula is C40H30IrN4O-4. The van der Waals surface area contributed by atoms with Crippen LogP contribution in [0.3, 0.4) is 0 Å². The first kappa shape index (κ1) is 23.3. The van der Waals surface area contributed by atoms with Crippen LogP contribution in [0, 0.1) is 32.3 Å². The van der Waals surface area contributed by atoms with Gasteiger partial charge in [-0.1, -0.05) is 48.5 Å². The van der Waals surface area contributed by atoms with Crippen LogP contribution in [0.4, 0.5) is 39.8 Å². The van der Waals surface area contributed by atoms with Crippen LogP contribution in [0.15, 0.2) is 138 Å². The first-order valence-corrected chi connectivity index (χ1v) is 14.5. The summed E-state index contributed by atoms with van der Waals surface area (Å²) in [6, 6.07) is 49.1. The van der Waals surface area contributed by atoms with Crippen molar-refractivity contribution in [1.82, 2.24) is 0 Å². The molecule has 1 aromatic heterocycles. The largest absolute Gasteiger partial charge is 0.501 e. The van der Waals surface area contributed by atoms with Crippen molar-refractivity contribution in [3.63, 3.8) is 0 Å². The standard InChI is InChI=1S/C21H16N2O.C19H14N2.Ir/c1-14-7-6-10-16-17-11-12-18-19(21(17)24-20(14)16)22(2)13-23(18)15-8-4-3-5-9-15;1-3-9-16(10-4-1)20-15-21(17-11-5-2-6-12-17)19-14-8-7-13-18(19)20;/h3-8,10-13H,1-2H3;1-11,13-15H;/q2*-2;/i1D3,2D3;;. The summed E-state index contributed by atoms with van der Waals surface area (Å²) in [6.07, 6.45) is 0. The Morgan fingerprint density at radius 2 is 1.24 bits per heavy atom. The monoisotopic (exact) mass is 781 g/mol. The third-order valence-electron chi connectivity index (χ3n) is 7.92. The van der Waals surface area contributed by atoms with Crippen LogP contribution in [0.2, 0.25) is 0 Å². The van der Waals surface area contributed by atoms with Gasteiger partial charge in [-0.3, -0.25) is 0 Å².